The molecule has 0 atom stereocenters. The number of aryl methyl sites for hydroxylation is 1. The van der Waals surface area contributed by atoms with Crippen molar-refractivity contribution in [2.45, 2.75) is 25.9 Å². The predicted molar refractivity (Wildman–Crippen MR) is 99.4 cm³/mol. The first-order valence-corrected chi connectivity index (χ1v) is 8.62. The zero-order chi connectivity index (χ0) is 17.1. The Hall–Kier alpha value is -1.98. The van der Waals surface area contributed by atoms with Gasteiger partial charge in [0.2, 0.25) is 0 Å². The van der Waals surface area contributed by atoms with Crippen molar-refractivity contribution < 1.29 is 10.2 Å². The van der Waals surface area contributed by atoms with Gasteiger partial charge in [-0.25, -0.2) is 0 Å². The van der Waals surface area contributed by atoms with Gasteiger partial charge in [0, 0.05) is 24.7 Å². The van der Waals surface area contributed by atoms with Gasteiger partial charge in [-0.3, -0.25) is 0 Å². The number of fused-ring (bicyclic) bond motifs is 1. The van der Waals surface area contributed by atoms with E-state index in [1.165, 1.54) is 0 Å². The molecule has 1 aliphatic rings. The Bertz CT molecular complexity index is 749. The van der Waals surface area contributed by atoms with Gasteiger partial charge in [0.25, 0.3) is 0 Å². The molecule has 0 saturated heterocycles. The van der Waals surface area contributed by atoms with E-state index in [1.54, 1.807) is 12.1 Å². The number of hydrogen-bond acceptors (Lipinski definition) is 3. The number of nitrogens with zero attached hydrogens (tertiary/aromatic N) is 1. The maximum absolute atomic E-state index is 9.74. The third-order valence-corrected chi connectivity index (χ3v) is 4.83. The fourth-order valence-electron chi connectivity index (χ4n) is 2.85. The predicted octanol–water partition coefficient (Wildman–Crippen LogP) is 3.57. The molecule has 2 aromatic rings. The molecule has 0 spiro atoms. The maximum Gasteiger partial charge on any atom is 0.169 e. The molecule has 0 aliphatic carbocycles. The second-order valence-corrected chi connectivity index (χ2v) is 6.74. The summed E-state index contributed by atoms with van der Waals surface area (Å²) in [6.45, 7) is 2.10. The normalized spacial score (nSPS) is 14.0. The number of thiocarbonyl (C=S) groups is 1. The fraction of sp³-hybridized carbons (Fsp3) is 0.278. The second kappa shape index (κ2) is 7.28. The Balaban J connectivity index is 1.66. The van der Waals surface area contributed by atoms with Gasteiger partial charge >= 0.3 is 0 Å². The lowest BCUT2D eigenvalue weighted by atomic mass is 10.0. The Morgan fingerprint density at radius 1 is 1.12 bits per heavy atom. The Morgan fingerprint density at radius 3 is 2.50 bits per heavy atom. The van der Waals surface area contributed by atoms with Gasteiger partial charge in [-0.05, 0) is 66.0 Å². The van der Waals surface area contributed by atoms with Crippen LogP contribution in [0.15, 0.2) is 36.4 Å². The Labute approximate surface area is 151 Å². The van der Waals surface area contributed by atoms with E-state index in [4.69, 9.17) is 23.8 Å². The zero-order valence-corrected chi connectivity index (χ0v) is 14.7. The Morgan fingerprint density at radius 2 is 1.79 bits per heavy atom. The molecule has 2 aromatic carbocycles. The minimum atomic E-state index is -0.0874. The van der Waals surface area contributed by atoms with Crippen LogP contribution in [0.5, 0.6) is 11.5 Å². The van der Waals surface area contributed by atoms with Gasteiger partial charge in [0.05, 0.1) is 0 Å². The van der Waals surface area contributed by atoms with Gasteiger partial charge in [0.15, 0.2) is 16.6 Å². The molecule has 1 aliphatic heterocycles. The summed E-state index contributed by atoms with van der Waals surface area (Å²) in [6.07, 6.45) is 1.81. The van der Waals surface area contributed by atoms with E-state index in [0.717, 1.165) is 36.1 Å². The third-order valence-electron chi connectivity index (χ3n) is 4.18. The largest absolute Gasteiger partial charge is 0.504 e. The molecule has 4 nitrogen and oxygen atoms in total. The lowest BCUT2D eigenvalue weighted by molar-refractivity contribution is 0.397. The number of phenolic OH excluding ortho intramolecular Hbond substituents is 2. The van der Waals surface area contributed by atoms with Gasteiger partial charge in [-0.1, -0.05) is 23.7 Å². The number of hydrogen-bond donors (Lipinski definition) is 3. The van der Waals surface area contributed by atoms with Crippen LogP contribution >= 0.6 is 23.8 Å². The van der Waals surface area contributed by atoms with Crippen molar-refractivity contribution in [2.24, 2.45) is 0 Å². The van der Waals surface area contributed by atoms with E-state index in [2.05, 4.69) is 10.2 Å². The topological polar surface area (TPSA) is 55.7 Å². The van der Waals surface area contributed by atoms with Crippen LogP contribution in [0.4, 0.5) is 0 Å². The molecule has 3 N–H and O–H groups in total. The minimum Gasteiger partial charge on any atom is -0.504 e. The highest BCUT2D eigenvalue weighted by atomic mass is 35.5. The molecule has 24 heavy (non-hydrogen) atoms. The fourth-order valence-corrected chi connectivity index (χ4v) is 3.21. The molecule has 0 fully saturated rings. The van der Waals surface area contributed by atoms with Gasteiger partial charge in [-0.15, -0.1) is 0 Å². The molecular weight excluding hydrogens is 344 g/mol. The summed E-state index contributed by atoms with van der Waals surface area (Å²) >= 11 is 11.4. The average Bonchev–Trinajstić information content (AvgIpc) is 2.77. The standard InChI is InChI=1S/C18H19ClN2O2S/c19-15-5-3-12(4-6-15)10-20-18(24)21-7-1-2-13-8-16(22)17(23)9-14(13)11-21/h3-6,8-9,22-23H,1-2,7,10-11H2,(H,20,24). The van der Waals surface area contributed by atoms with Crippen LogP contribution in [0.2, 0.25) is 5.02 Å². The average molecular weight is 363 g/mol. The van der Waals surface area contributed by atoms with Crippen LogP contribution in [0.1, 0.15) is 23.1 Å². The SMILES string of the molecule is Oc1cc2c(cc1O)CN(C(=S)NCc1ccc(Cl)cc1)CCC2. The van der Waals surface area contributed by atoms with Crippen molar-refractivity contribution in [1.29, 1.82) is 0 Å². The van der Waals surface area contributed by atoms with Crippen LogP contribution in [0.25, 0.3) is 0 Å². The van der Waals surface area contributed by atoms with Gasteiger partial charge in [-0.2, -0.15) is 0 Å². The maximum atomic E-state index is 9.74. The lowest BCUT2D eigenvalue weighted by Gasteiger charge is -2.24. The molecule has 6 heteroatoms. The molecule has 0 radical (unpaired) electrons. The highest BCUT2D eigenvalue weighted by molar-refractivity contribution is 7.80. The number of phenols is 2. The van der Waals surface area contributed by atoms with Crippen molar-refractivity contribution in [3.63, 3.8) is 0 Å². The number of aromatic hydroxyl groups is 2. The minimum absolute atomic E-state index is 0.0642. The van der Waals surface area contributed by atoms with Crippen molar-refractivity contribution >= 4 is 28.9 Å². The molecule has 1 heterocycles. The van der Waals surface area contributed by atoms with E-state index in [-0.39, 0.29) is 11.5 Å². The van der Waals surface area contributed by atoms with E-state index < -0.39 is 0 Å². The number of halogens is 1. The molecule has 0 amide bonds. The van der Waals surface area contributed by atoms with E-state index >= 15 is 0 Å². The van der Waals surface area contributed by atoms with Crippen LogP contribution < -0.4 is 5.32 Å². The molecular formula is C18H19ClN2O2S. The molecule has 0 bridgehead atoms. The molecule has 0 aromatic heterocycles. The highest BCUT2D eigenvalue weighted by Crippen LogP contribution is 2.31. The molecule has 0 unspecified atom stereocenters. The summed E-state index contributed by atoms with van der Waals surface area (Å²) in [5.74, 6) is -0.152. The number of benzene rings is 2. The summed E-state index contributed by atoms with van der Waals surface area (Å²) < 4.78 is 0. The first kappa shape index (κ1) is 16.9. The van der Waals surface area contributed by atoms with Crippen LogP contribution in [0, 0.1) is 0 Å². The summed E-state index contributed by atoms with van der Waals surface area (Å²) in [6, 6.07) is 10.9. The van der Waals surface area contributed by atoms with E-state index in [9.17, 15) is 10.2 Å². The number of nitrogens with one attached hydrogen (secondary N) is 1. The molecule has 0 saturated carbocycles. The smallest absolute Gasteiger partial charge is 0.169 e. The first-order valence-electron chi connectivity index (χ1n) is 7.84. The van der Waals surface area contributed by atoms with Gasteiger partial charge in [0.1, 0.15) is 0 Å². The van der Waals surface area contributed by atoms with Crippen molar-refractivity contribution in [1.82, 2.24) is 10.2 Å². The highest BCUT2D eigenvalue weighted by Gasteiger charge is 2.18. The van der Waals surface area contributed by atoms with Crippen molar-refractivity contribution in [2.75, 3.05) is 6.54 Å². The Kier molecular flexibility index (Phi) is 5.11. The third kappa shape index (κ3) is 3.91. The monoisotopic (exact) mass is 362 g/mol. The first-order chi connectivity index (χ1) is 11.5. The van der Waals surface area contributed by atoms with Crippen LogP contribution in [0.3, 0.4) is 0 Å². The summed E-state index contributed by atoms with van der Waals surface area (Å²) in [5.41, 5.74) is 3.17. The van der Waals surface area contributed by atoms with Crippen molar-refractivity contribution in [3.05, 3.63) is 58.1 Å². The quantitative estimate of drug-likeness (QED) is 0.563. The van der Waals surface area contributed by atoms with E-state index in [0.29, 0.717) is 23.2 Å². The van der Waals surface area contributed by atoms with Crippen LogP contribution in [-0.2, 0) is 19.5 Å². The van der Waals surface area contributed by atoms with Gasteiger partial charge < -0.3 is 20.4 Å². The number of rotatable bonds is 2. The lowest BCUT2D eigenvalue weighted by Crippen LogP contribution is -2.39. The van der Waals surface area contributed by atoms with Crippen molar-refractivity contribution in [3.8, 4) is 11.5 Å². The summed E-state index contributed by atoms with van der Waals surface area (Å²) in [5, 5.41) is 24.1. The second-order valence-electron chi connectivity index (χ2n) is 5.92. The summed E-state index contributed by atoms with van der Waals surface area (Å²) in [4.78, 5) is 2.09. The van der Waals surface area contributed by atoms with E-state index in [1.807, 2.05) is 24.3 Å². The zero-order valence-electron chi connectivity index (χ0n) is 13.1. The van der Waals surface area contributed by atoms with Crippen LogP contribution in [-0.4, -0.2) is 26.8 Å². The summed E-state index contributed by atoms with van der Waals surface area (Å²) in [7, 11) is 0. The molecule has 3 rings (SSSR count). The molecule has 126 valence electrons.